The largest absolute Gasteiger partial charge is 0.478 e. The molecule has 0 unspecified atom stereocenters. The van der Waals surface area contributed by atoms with Crippen LogP contribution in [0.3, 0.4) is 0 Å². The first-order valence-electron chi connectivity index (χ1n) is 7.65. The number of hydrogen-bond donors (Lipinski definition) is 3. The Bertz CT molecular complexity index is 941. The van der Waals surface area contributed by atoms with Crippen LogP contribution in [0.15, 0.2) is 42.5 Å². The molecule has 0 aliphatic heterocycles. The molecule has 0 atom stereocenters. The summed E-state index contributed by atoms with van der Waals surface area (Å²) in [6.45, 7) is 3.78. The second-order valence-corrected chi connectivity index (χ2v) is 5.85. The molecular formula is C19H18N2O3. The Kier molecular flexibility index (Phi) is 4.08. The van der Waals surface area contributed by atoms with Crippen molar-refractivity contribution < 1.29 is 14.7 Å². The fourth-order valence-corrected chi connectivity index (χ4v) is 2.87. The number of benzene rings is 2. The number of carboxylic acid groups (broad SMARTS) is 1. The molecule has 1 amide bonds. The topological polar surface area (TPSA) is 82.2 Å². The zero-order valence-corrected chi connectivity index (χ0v) is 13.5. The Balaban J connectivity index is 1.87. The molecule has 0 fully saturated rings. The number of aryl methyl sites for hydroxylation is 2. The number of rotatable bonds is 4. The molecule has 3 rings (SSSR count). The Morgan fingerprint density at radius 1 is 1.12 bits per heavy atom. The van der Waals surface area contributed by atoms with Crippen molar-refractivity contribution in [3.05, 3.63) is 64.8 Å². The molecule has 24 heavy (non-hydrogen) atoms. The quantitative estimate of drug-likeness (QED) is 0.685. The summed E-state index contributed by atoms with van der Waals surface area (Å²) < 4.78 is 0. The summed E-state index contributed by atoms with van der Waals surface area (Å²) in [4.78, 5) is 27.0. The molecule has 1 aromatic heterocycles. The van der Waals surface area contributed by atoms with Crippen LogP contribution in [-0.2, 0) is 11.2 Å². The maximum Gasteiger partial charge on any atom is 0.337 e. The second-order valence-electron chi connectivity index (χ2n) is 5.85. The summed E-state index contributed by atoms with van der Waals surface area (Å²) in [5.74, 6) is -1.30. The molecule has 1 heterocycles. The van der Waals surface area contributed by atoms with Crippen LogP contribution < -0.4 is 5.32 Å². The first-order chi connectivity index (χ1) is 11.5. The minimum atomic E-state index is -1.06. The van der Waals surface area contributed by atoms with E-state index in [1.165, 1.54) is 6.07 Å². The SMILES string of the molecule is Cc1ccc(C(=O)O)c(NC(=O)Cc2c(C)[nH]c3ccccc23)c1. The van der Waals surface area contributed by atoms with Gasteiger partial charge in [0.05, 0.1) is 17.7 Å². The average Bonchev–Trinajstić information content (AvgIpc) is 2.83. The monoisotopic (exact) mass is 322 g/mol. The van der Waals surface area contributed by atoms with Crippen LogP contribution in [0, 0.1) is 13.8 Å². The summed E-state index contributed by atoms with van der Waals surface area (Å²) in [7, 11) is 0. The van der Waals surface area contributed by atoms with Gasteiger partial charge in [0.15, 0.2) is 0 Å². The lowest BCUT2D eigenvalue weighted by atomic mass is 10.1. The number of para-hydroxylation sites is 1. The van der Waals surface area contributed by atoms with Gasteiger partial charge in [-0.05, 0) is 43.2 Å². The molecular weight excluding hydrogens is 304 g/mol. The van der Waals surface area contributed by atoms with E-state index in [4.69, 9.17) is 0 Å². The molecule has 0 bridgehead atoms. The lowest BCUT2D eigenvalue weighted by Gasteiger charge is -2.10. The van der Waals surface area contributed by atoms with E-state index >= 15 is 0 Å². The van der Waals surface area contributed by atoms with E-state index in [1.807, 2.05) is 38.1 Å². The second kappa shape index (κ2) is 6.20. The highest BCUT2D eigenvalue weighted by Gasteiger charge is 2.15. The van der Waals surface area contributed by atoms with Crippen molar-refractivity contribution in [2.24, 2.45) is 0 Å². The molecule has 0 aliphatic carbocycles. The van der Waals surface area contributed by atoms with Gasteiger partial charge in [-0.2, -0.15) is 0 Å². The fraction of sp³-hybridized carbons (Fsp3) is 0.158. The average molecular weight is 322 g/mol. The van der Waals surface area contributed by atoms with Crippen molar-refractivity contribution >= 4 is 28.5 Å². The molecule has 3 aromatic rings. The number of aromatic amines is 1. The zero-order chi connectivity index (χ0) is 17.3. The van der Waals surface area contributed by atoms with Gasteiger partial charge in [0.1, 0.15) is 0 Å². The molecule has 0 aliphatic rings. The molecule has 5 nitrogen and oxygen atoms in total. The number of carbonyl (C=O) groups excluding carboxylic acids is 1. The van der Waals surface area contributed by atoms with E-state index in [0.29, 0.717) is 5.69 Å². The van der Waals surface area contributed by atoms with Gasteiger partial charge in [-0.3, -0.25) is 4.79 Å². The first-order valence-corrected chi connectivity index (χ1v) is 7.65. The Labute approximate surface area is 139 Å². The molecule has 0 spiro atoms. The van der Waals surface area contributed by atoms with Crippen molar-refractivity contribution in [3.63, 3.8) is 0 Å². The van der Waals surface area contributed by atoms with Crippen molar-refractivity contribution in [1.29, 1.82) is 0 Å². The van der Waals surface area contributed by atoms with Gasteiger partial charge in [-0.1, -0.05) is 24.3 Å². The third-order valence-electron chi connectivity index (χ3n) is 4.04. The number of carboxylic acids is 1. The van der Waals surface area contributed by atoms with Gasteiger partial charge < -0.3 is 15.4 Å². The third-order valence-corrected chi connectivity index (χ3v) is 4.04. The predicted molar refractivity (Wildman–Crippen MR) is 93.5 cm³/mol. The number of fused-ring (bicyclic) bond motifs is 1. The van der Waals surface area contributed by atoms with E-state index < -0.39 is 5.97 Å². The van der Waals surface area contributed by atoms with E-state index in [2.05, 4.69) is 10.3 Å². The number of aromatic nitrogens is 1. The van der Waals surface area contributed by atoms with Gasteiger partial charge in [0.25, 0.3) is 0 Å². The van der Waals surface area contributed by atoms with Gasteiger partial charge in [-0.15, -0.1) is 0 Å². The lowest BCUT2D eigenvalue weighted by Crippen LogP contribution is -2.17. The molecule has 3 N–H and O–H groups in total. The normalized spacial score (nSPS) is 10.8. The van der Waals surface area contributed by atoms with Gasteiger partial charge in [-0.25, -0.2) is 4.79 Å². The maximum absolute atomic E-state index is 12.4. The number of anilines is 1. The van der Waals surface area contributed by atoms with Gasteiger partial charge in [0.2, 0.25) is 5.91 Å². The minimum Gasteiger partial charge on any atom is -0.478 e. The molecule has 0 radical (unpaired) electrons. The molecule has 5 heteroatoms. The molecule has 122 valence electrons. The summed E-state index contributed by atoms with van der Waals surface area (Å²) in [6, 6.07) is 12.7. The van der Waals surface area contributed by atoms with Crippen molar-refractivity contribution in [2.75, 3.05) is 5.32 Å². The third kappa shape index (κ3) is 3.01. The summed E-state index contributed by atoms with van der Waals surface area (Å²) >= 11 is 0. The van der Waals surface area contributed by atoms with E-state index in [1.54, 1.807) is 12.1 Å². The fourth-order valence-electron chi connectivity index (χ4n) is 2.87. The molecule has 0 saturated heterocycles. The Hall–Kier alpha value is -3.08. The summed E-state index contributed by atoms with van der Waals surface area (Å²) in [5, 5.41) is 13.0. The van der Waals surface area contributed by atoms with Crippen molar-refractivity contribution in [1.82, 2.24) is 4.98 Å². The van der Waals surface area contributed by atoms with Crippen LogP contribution >= 0.6 is 0 Å². The highest BCUT2D eigenvalue weighted by atomic mass is 16.4. The lowest BCUT2D eigenvalue weighted by molar-refractivity contribution is -0.115. The van der Waals surface area contributed by atoms with Crippen LogP contribution in [0.25, 0.3) is 10.9 Å². The van der Waals surface area contributed by atoms with Gasteiger partial charge >= 0.3 is 5.97 Å². The van der Waals surface area contributed by atoms with E-state index in [9.17, 15) is 14.7 Å². The highest BCUT2D eigenvalue weighted by Crippen LogP contribution is 2.23. The first kappa shape index (κ1) is 15.8. The number of hydrogen-bond acceptors (Lipinski definition) is 2. The van der Waals surface area contributed by atoms with Crippen LogP contribution in [0.1, 0.15) is 27.2 Å². The summed E-state index contributed by atoms with van der Waals surface area (Å²) in [6.07, 6.45) is 0.183. The zero-order valence-electron chi connectivity index (χ0n) is 13.5. The molecule has 2 aromatic carbocycles. The Morgan fingerprint density at radius 2 is 1.88 bits per heavy atom. The van der Waals surface area contributed by atoms with Crippen LogP contribution in [-0.4, -0.2) is 22.0 Å². The Morgan fingerprint density at radius 3 is 2.62 bits per heavy atom. The maximum atomic E-state index is 12.4. The van der Waals surface area contributed by atoms with Crippen molar-refractivity contribution in [2.45, 2.75) is 20.3 Å². The molecule has 0 saturated carbocycles. The van der Waals surface area contributed by atoms with Crippen LogP contribution in [0.2, 0.25) is 0 Å². The minimum absolute atomic E-state index is 0.0876. The van der Waals surface area contributed by atoms with E-state index in [-0.39, 0.29) is 17.9 Å². The highest BCUT2D eigenvalue weighted by molar-refractivity contribution is 6.02. The van der Waals surface area contributed by atoms with Crippen LogP contribution in [0.5, 0.6) is 0 Å². The van der Waals surface area contributed by atoms with E-state index in [0.717, 1.165) is 27.7 Å². The van der Waals surface area contributed by atoms with Gasteiger partial charge in [0, 0.05) is 16.6 Å². The predicted octanol–water partition coefficient (Wildman–Crippen LogP) is 3.66. The number of H-pyrrole nitrogens is 1. The van der Waals surface area contributed by atoms with Crippen molar-refractivity contribution in [3.8, 4) is 0 Å². The standard InChI is InChI=1S/C19H18N2O3/c1-11-7-8-14(19(23)24)17(9-11)21-18(22)10-15-12(2)20-16-6-4-3-5-13(15)16/h3-9,20H,10H2,1-2H3,(H,21,22)(H,23,24). The number of aromatic carboxylic acids is 1. The summed E-state index contributed by atoms with van der Waals surface area (Å²) in [5.41, 5.74) is 4.15. The van der Waals surface area contributed by atoms with Crippen LogP contribution in [0.4, 0.5) is 5.69 Å². The number of nitrogens with one attached hydrogen (secondary N) is 2. The number of amides is 1. The smallest absolute Gasteiger partial charge is 0.337 e. The number of carbonyl (C=O) groups is 2.